The molecule has 0 saturated heterocycles. The van der Waals surface area contributed by atoms with Crippen LogP contribution in [0.3, 0.4) is 0 Å². The molecule has 0 saturated carbocycles. The summed E-state index contributed by atoms with van der Waals surface area (Å²) in [6, 6.07) is 38.2. The molecular weight excluding hydrogens is 762 g/mol. The number of carbonyl (C=O) groups is 2. The molecule has 0 spiro atoms. The zero-order valence-corrected chi connectivity index (χ0v) is 29.3. The topological polar surface area (TPSA) is 63.6 Å². The van der Waals surface area contributed by atoms with Crippen molar-refractivity contribution in [1.82, 2.24) is 0 Å². The van der Waals surface area contributed by atoms with Crippen molar-refractivity contribution in [3.8, 4) is 33.8 Å². The molecule has 0 aliphatic carbocycles. The van der Waals surface area contributed by atoms with Gasteiger partial charge in [0.2, 0.25) is 0 Å². The lowest BCUT2D eigenvalue weighted by atomic mass is 10.0. The van der Waals surface area contributed by atoms with E-state index in [0.717, 1.165) is 70.0 Å². The van der Waals surface area contributed by atoms with Gasteiger partial charge in [-0.25, -0.2) is 0 Å². The Hall–Kier alpha value is -5.68. The number of halogens is 7. The first-order valence-corrected chi connectivity index (χ1v) is 16.9. The first-order chi connectivity index (χ1) is 25.3. The van der Waals surface area contributed by atoms with Crippen LogP contribution in [0, 0.1) is 0 Å². The van der Waals surface area contributed by atoms with Gasteiger partial charge in [-0.05, 0) is 112 Å². The predicted molar refractivity (Wildman–Crippen MR) is 196 cm³/mol. The number of hydrogen-bond donors (Lipinski definition) is 1. The minimum Gasteiger partial charge on any atom is -0.508 e. The minimum atomic E-state index is -4.34. The number of phenolic OH excluding ortho intramolecular Hbond substituents is 1. The number of ether oxygens (including phenoxy) is 1. The summed E-state index contributed by atoms with van der Waals surface area (Å²) in [4.78, 5) is 20.7. The van der Waals surface area contributed by atoms with Crippen LogP contribution in [0.25, 0.3) is 22.3 Å². The Balaban J connectivity index is 0.000000200. The third kappa shape index (κ3) is 12.5. The molecule has 0 aromatic heterocycles. The molecule has 0 heterocycles. The summed E-state index contributed by atoms with van der Waals surface area (Å²) < 4.78 is 81.0. The number of carbonyl (C=O) groups excluding carboxylic acids is 2. The van der Waals surface area contributed by atoms with Crippen LogP contribution < -0.4 is 4.74 Å². The van der Waals surface area contributed by atoms with Gasteiger partial charge in [0.15, 0.2) is 0 Å². The van der Waals surface area contributed by atoms with Crippen LogP contribution in [0.5, 0.6) is 11.5 Å². The largest absolute Gasteiger partial charge is 0.508 e. The number of aromatic hydroxyl groups is 1. The van der Waals surface area contributed by atoms with Gasteiger partial charge in [-0.15, -0.1) is 0 Å². The predicted octanol–water partition coefficient (Wildman–Crippen LogP) is 12.2. The van der Waals surface area contributed by atoms with E-state index in [4.69, 9.17) is 9.84 Å². The molecular formula is C42H31BrF6O4. The fourth-order valence-corrected chi connectivity index (χ4v) is 5.09. The summed E-state index contributed by atoms with van der Waals surface area (Å²) >= 11 is 3.35. The normalized spacial score (nSPS) is 10.9. The summed E-state index contributed by atoms with van der Waals surface area (Å²) in [5.41, 5.74) is 5.06. The summed E-state index contributed by atoms with van der Waals surface area (Å²) in [6.45, 7) is 0.314. The van der Waals surface area contributed by atoms with Crippen molar-refractivity contribution in [2.75, 3.05) is 0 Å². The van der Waals surface area contributed by atoms with E-state index in [1.807, 2.05) is 48.5 Å². The molecule has 272 valence electrons. The van der Waals surface area contributed by atoms with Crippen LogP contribution in [0.15, 0.2) is 146 Å². The maximum absolute atomic E-state index is 12.7. The quantitative estimate of drug-likeness (QED) is 0.0947. The van der Waals surface area contributed by atoms with Crippen LogP contribution in [0.1, 0.15) is 43.0 Å². The van der Waals surface area contributed by atoms with Crippen molar-refractivity contribution < 1.29 is 45.8 Å². The minimum absolute atomic E-state index is 0.181. The van der Waals surface area contributed by atoms with E-state index < -0.39 is 23.5 Å². The molecule has 0 aliphatic heterocycles. The van der Waals surface area contributed by atoms with Crippen molar-refractivity contribution in [3.63, 3.8) is 0 Å². The monoisotopic (exact) mass is 792 g/mol. The lowest BCUT2D eigenvalue weighted by Crippen LogP contribution is -2.04. The second kappa shape index (κ2) is 18.7. The Bertz CT molecular complexity index is 2060. The van der Waals surface area contributed by atoms with Gasteiger partial charge < -0.3 is 9.84 Å². The van der Waals surface area contributed by atoms with Gasteiger partial charge in [0, 0.05) is 16.5 Å². The molecule has 6 aromatic rings. The standard InChI is InChI=1S/C21H15F3O2.C14H10BrF3.C7H6O2/c22-21(23,24)19-8-6-17(7-9-19)18-3-1-2-16(12-18)14-26-20-10-4-15(13-25)5-11-20;15-9-10-2-1-3-12(8-10)11-4-6-13(7-5-11)14(16,17)18;8-5-6-1-3-7(9)4-2-6/h1-13H,14H2;1-8H,9H2;1-5,9H. The Morgan fingerprint density at radius 3 is 1.36 bits per heavy atom. The van der Waals surface area contributed by atoms with Crippen LogP contribution in [0.2, 0.25) is 0 Å². The Kier molecular flexibility index (Phi) is 14.1. The summed E-state index contributed by atoms with van der Waals surface area (Å²) in [7, 11) is 0. The Morgan fingerprint density at radius 2 is 0.943 bits per heavy atom. The molecule has 0 bridgehead atoms. The van der Waals surface area contributed by atoms with Gasteiger partial charge in [-0.3, -0.25) is 9.59 Å². The smallest absolute Gasteiger partial charge is 0.416 e. The van der Waals surface area contributed by atoms with Crippen LogP contribution >= 0.6 is 15.9 Å². The maximum atomic E-state index is 12.7. The zero-order valence-electron chi connectivity index (χ0n) is 27.7. The van der Waals surface area contributed by atoms with Crippen molar-refractivity contribution >= 4 is 28.5 Å². The lowest BCUT2D eigenvalue weighted by molar-refractivity contribution is -0.138. The van der Waals surface area contributed by atoms with Gasteiger partial charge >= 0.3 is 12.4 Å². The van der Waals surface area contributed by atoms with E-state index >= 15 is 0 Å². The van der Waals surface area contributed by atoms with E-state index in [0.29, 0.717) is 29.0 Å². The highest BCUT2D eigenvalue weighted by Crippen LogP contribution is 2.32. The second-order valence-corrected chi connectivity index (χ2v) is 11.9. The average molecular weight is 794 g/mol. The van der Waals surface area contributed by atoms with Crippen molar-refractivity contribution in [2.45, 2.75) is 24.3 Å². The number of benzene rings is 6. The van der Waals surface area contributed by atoms with Gasteiger partial charge in [-0.2, -0.15) is 26.3 Å². The average Bonchev–Trinajstić information content (AvgIpc) is 3.17. The molecule has 6 rings (SSSR count). The molecule has 0 unspecified atom stereocenters. The molecule has 0 aliphatic rings. The highest BCUT2D eigenvalue weighted by molar-refractivity contribution is 9.08. The second-order valence-electron chi connectivity index (χ2n) is 11.4. The van der Waals surface area contributed by atoms with E-state index in [2.05, 4.69) is 15.9 Å². The van der Waals surface area contributed by atoms with E-state index in [9.17, 15) is 35.9 Å². The zero-order chi connectivity index (χ0) is 38.4. The molecule has 11 heteroatoms. The summed E-state index contributed by atoms with van der Waals surface area (Å²) in [5.74, 6) is 0.816. The summed E-state index contributed by atoms with van der Waals surface area (Å²) in [5, 5.41) is 9.46. The molecule has 53 heavy (non-hydrogen) atoms. The summed E-state index contributed by atoms with van der Waals surface area (Å²) in [6.07, 6.45) is -7.12. The molecule has 0 radical (unpaired) electrons. The van der Waals surface area contributed by atoms with Crippen molar-refractivity contribution in [2.24, 2.45) is 0 Å². The third-order valence-corrected chi connectivity index (χ3v) is 8.20. The number of aldehydes is 2. The van der Waals surface area contributed by atoms with Crippen LogP contribution in [-0.2, 0) is 24.3 Å². The van der Waals surface area contributed by atoms with Crippen molar-refractivity contribution in [1.29, 1.82) is 0 Å². The van der Waals surface area contributed by atoms with Gasteiger partial charge in [0.05, 0.1) is 11.1 Å². The molecule has 1 N–H and O–H groups in total. The maximum Gasteiger partial charge on any atom is 0.416 e. The Labute approximate surface area is 310 Å². The van der Waals surface area contributed by atoms with E-state index in [1.165, 1.54) is 36.4 Å². The lowest BCUT2D eigenvalue weighted by Gasteiger charge is -2.10. The molecule has 0 atom stereocenters. The highest BCUT2D eigenvalue weighted by Gasteiger charge is 2.30. The van der Waals surface area contributed by atoms with Crippen molar-refractivity contribution in [3.05, 3.63) is 179 Å². The molecule has 0 fully saturated rings. The number of alkyl halides is 7. The SMILES string of the molecule is FC(F)(F)c1ccc(-c2cccc(CBr)c2)cc1.O=Cc1ccc(O)cc1.O=Cc1ccc(OCc2cccc(-c3ccc(C(F)(F)F)cc3)c2)cc1. The van der Waals surface area contributed by atoms with E-state index in [1.54, 1.807) is 36.4 Å². The van der Waals surface area contributed by atoms with Crippen LogP contribution in [0.4, 0.5) is 26.3 Å². The Morgan fingerprint density at radius 1 is 0.528 bits per heavy atom. The molecule has 0 amide bonds. The van der Waals surface area contributed by atoms with Gasteiger partial charge in [0.1, 0.15) is 30.7 Å². The molecule has 4 nitrogen and oxygen atoms in total. The molecule has 6 aromatic carbocycles. The first kappa shape index (κ1) is 40.1. The van der Waals surface area contributed by atoms with E-state index in [-0.39, 0.29) is 5.75 Å². The fraction of sp³-hybridized carbons (Fsp3) is 0.0952. The number of phenols is 1. The van der Waals surface area contributed by atoms with Crippen LogP contribution in [-0.4, -0.2) is 17.7 Å². The van der Waals surface area contributed by atoms with Gasteiger partial charge in [0.25, 0.3) is 0 Å². The first-order valence-electron chi connectivity index (χ1n) is 15.8. The highest BCUT2D eigenvalue weighted by atomic mass is 79.9. The van der Waals surface area contributed by atoms with Gasteiger partial charge in [-0.1, -0.05) is 82.7 Å². The number of hydrogen-bond acceptors (Lipinski definition) is 4. The third-order valence-electron chi connectivity index (χ3n) is 7.55. The fourth-order valence-electron chi connectivity index (χ4n) is 4.74. The number of rotatable bonds is 8.